The average molecular weight is 195 g/mol. The highest BCUT2D eigenvalue weighted by molar-refractivity contribution is 4.95. The zero-order valence-corrected chi connectivity index (χ0v) is 9.08. The molecule has 2 heterocycles. The Labute approximate surface area is 86.8 Å². The number of nitrogens with zero attached hydrogens (tertiary/aromatic N) is 2. The van der Waals surface area contributed by atoms with E-state index in [9.17, 15) is 0 Å². The van der Waals surface area contributed by atoms with E-state index < -0.39 is 0 Å². The normalized spacial score (nSPS) is 29.9. The Kier molecular flexibility index (Phi) is 3.56. The highest BCUT2D eigenvalue weighted by Gasteiger charge is 2.16. The largest absolute Gasteiger partial charge is 0.312 e. The first-order valence-electron chi connectivity index (χ1n) is 5.68. The Morgan fingerprint density at radius 2 is 1.93 bits per heavy atom. The van der Waals surface area contributed by atoms with Crippen LogP contribution in [-0.4, -0.2) is 61.7 Å². The molecule has 3 heteroatoms. The molecule has 1 fully saturated rings. The minimum absolute atomic E-state index is 0.667. The molecule has 0 aliphatic carbocycles. The predicted octanol–water partition coefficient (Wildman–Crippen LogP) is 0.152. The minimum Gasteiger partial charge on any atom is -0.312 e. The van der Waals surface area contributed by atoms with E-state index in [1.165, 1.54) is 26.2 Å². The summed E-state index contributed by atoms with van der Waals surface area (Å²) in [5, 5.41) is 3.47. The Bertz CT molecular complexity index is 195. The maximum atomic E-state index is 3.47. The summed E-state index contributed by atoms with van der Waals surface area (Å²) in [7, 11) is 0. The molecule has 0 amide bonds. The predicted molar refractivity (Wildman–Crippen MR) is 59.5 cm³/mol. The second kappa shape index (κ2) is 4.91. The van der Waals surface area contributed by atoms with Crippen molar-refractivity contribution in [3.63, 3.8) is 0 Å². The van der Waals surface area contributed by atoms with Crippen LogP contribution in [0.25, 0.3) is 0 Å². The van der Waals surface area contributed by atoms with Gasteiger partial charge in [0.05, 0.1) is 0 Å². The number of piperazine rings is 1. The fourth-order valence-corrected chi connectivity index (χ4v) is 2.20. The summed E-state index contributed by atoms with van der Waals surface area (Å²) in [5.41, 5.74) is 0. The van der Waals surface area contributed by atoms with Crippen LogP contribution in [0.4, 0.5) is 0 Å². The van der Waals surface area contributed by atoms with Gasteiger partial charge in [0.2, 0.25) is 0 Å². The molecule has 2 aliphatic heterocycles. The molecular weight excluding hydrogens is 174 g/mol. The molecule has 0 saturated carbocycles. The van der Waals surface area contributed by atoms with Crippen molar-refractivity contribution in [3.05, 3.63) is 12.2 Å². The molecule has 1 N–H and O–H groups in total. The van der Waals surface area contributed by atoms with Crippen LogP contribution in [-0.2, 0) is 0 Å². The lowest BCUT2D eigenvalue weighted by atomic mass is 10.2. The summed E-state index contributed by atoms with van der Waals surface area (Å²) in [6.45, 7) is 10.6. The van der Waals surface area contributed by atoms with Crippen molar-refractivity contribution in [1.29, 1.82) is 0 Å². The molecule has 3 nitrogen and oxygen atoms in total. The van der Waals surface area contributed by atoms with Crippen LogP contribution in [0.15, 0.2) is 12.2 Å². The third kappa shape index (κ3) is 2.80. The fraction of sp³-hybridized carbons (Fsp3) is 0.818. The molecular formula is C11H21N3. The summed E-state index contributed by atoms with van der Waals surface area (Å²) >= 11 is 0. The van der Waals surface area contributed by atoms with Crippen LogP contribution in [0.3, 0.4) is 0 Å². The molecule has 0 aromatic carbocycles. The third-order valence-electron chi connectivity index (χ3n) is 3.08. The monoisotopic (exact) mass is 195 g/mol. The molecule has 1 unspecified atom stereocenters. The fourth-order valence-electron chi connectivity index (χ4n) is 2.20. The SMILES string of the molecule is CC1CN(CCN2CC=CC2)CCN1. The van der Waals surface area contributed by atoms with Crippen LogP contribution < -0.4 is 5.32 Å². The first-order valence-corrected chi connectivity index (χ1v) is 5.68. The lowest BCUT2D eigenvalue weighted by molar-refractivity contribution is 0.183. The Morgan fingerprint density at radius 1 is 1.21 bits per heavy atom. The standard InChI is InChI=1S/C11H21N3/c1-11-10-14(7-4-12-11)9-8-13-5-2-3-6-13/h2-3,11-12H,4-10H2,1H3. The molecule has 80 valence electrons. The second-order valence-corrected chi connectivity index (χ2v) is 4.39. The summed E-state index contributed by atoms with van der Waals surface area (Å²) in [5.74, 6) is 0. The van der Waals surface area contributed by atoms with Crippen molar-refractivity contribution in [2.24, 2.45) is 0 Å². The average Bonchev–Trinajstić information content (AvgIpc) is 2.67. The minimum atomic E-state index is 0.667. The van der Waals surface area contributed by atoms with Gasteiger partial charge in [0.1, 0.15) is 0 Å². The second-order valence-electron chi connectivity index (χ2n) is 4.39. The smallest absolute Gasteiger partial charge is 0.0167 e. The van der Waals surface area contributed by atoms with Crippen LogP contribution in [0, 0.1) is 0 Å². The topological polar surface area (TPSA) is 18.5 Å². The van der Waals surface area contributed by atoms with Gasteiger partial charge in [-0.25, -0.2) is 0 Å². The molecule has 0 radical (unpaired) electrons. The first kappa shape index (κ1) is 10.1. The van der Waals surface area contributed by atoms with Crippen LogP contribution in [0.2, 0.25) is 0 Å². The number of nitrogens with one attached hydrogen (secondary N) is 1. The van der Waals surface area contributed by atoms with E-state index in [1.54, 1.807) is 0 Å². The summed E-state index contributed by atoms with van der Waals surface area (Å²) < 4.78 is 0. The van der Waals surface area contributed by atoms with Gasteiger partial charge in [0.15, 0.2) is 0 Å². The van der Waals surface area contributed by atoms with E-state index in [0.717, 1.165) is 19.6 Å². The van der Waals surface area contributed by atoms with Crippen LogP contribution in [0.5, 0.6) is 0 Å². The molecule has 14 heavy (non-hydrogen) atoms. The van der Waals surface area contributed by atoms with Crippen molar-refractivity contribution in [2.45, 2.75) is 13.0 Å². The van der Waals surface area contributed by atoms with Crippen molar-refractivity contribution >= 4 is 0 Å². The third-order valence-corrected chi connectivity index (χ3v) is 3.08. The molecule has 0 bridgehead atoms. The molecule has 0 spiro atoms. The van der Waals surface area contributed by atoms with E-state index in [4.69, 9.17) is 0 Å². The van der Waals surface area contributed by atoms with Gasteiger partial charge < -0.3 is 5.32 Å². The van der Waals surface area contributed by atoms with E-state index in [1.807, 2.05) is 0 Å². The van der Waals surface area contributed by atoms with E-state index in [0.29, 0.717) is 6.04 Å². The van der Waals surface area contributed by atoms with Gasteiger partial charge in [-0.05, 0) is 6.92 Å². The van der Waals surface area contributed by atoms with Crippen LogP contribution in [0.1, 0.15) is 6.92 Å². The van der Waals surface area contributed by atoms with Crippen LogP contribution >= 0.6 is 0 Å². The van der Waals surface area contributed by atoms with Gasteiger partial charge in [0, 0.05) is 51.9 Å². The maximum Gasteiger partial charge on any atom is 0.0167 e. The van der Waals surface area contributed by atoms with Crippen molar-refractivity contribution < 1.29 is 0 Å². The van der Waals surface area contributed by atoms with Gasteiger partial charge in [-0.15, -0.1) is 0 Å². The Balaban J connectivity index is 1.64. The molecule has 1 atom stereocenters. The summed E-state index contributed by atoms with van der Waals surface area (Å²) in [6, 6.07) is 0.667. The van der Waals surface area contributed by atoms with Gasteiger partial charge in [-0.1, -0.05) is 12.2 Å². The zero-order chi connectivity index (χ0) is 9.80. The molecule has 1 saturated heterocycles. The molecule has 0 aromatic heterocycles. The van der Waals surface area contributed by atoms with Crippen molar-refractivity contribution in [2.75, 3.05) is 45.8 Å². The maximum absolute atomic E-state index is 3.47. The highest BCUT2D eigenvalue weighted by Crippen LogP contribution is 2.01. The number of rotatable bonds is 3. The first-order chi connectivity index (χ1) is 6.84. The van der Waals surface area contributed by atoms with E-state index in [-0.39, 0.29) is 0 Å². The van der Waals surface area contributed by atoms with Gasteiger partial charge >= 0.3 is 0 Å². The quantitative estimate of drug-likeness (QED) is 0.647. The van der Waals surface area contributed by atoms with E-state index in [2.05, 4.69) is 34.2 Å². The van der Waals surface area contributed by atoms with Gasteiger partial charge in [-0.2, -0.15) is 0 Å². The zero-order valence-electron chi connectivity index (χ0n) is 9.08. The summed E-state index contributed by atoms with van der Waals surface area (Å²) in [6.07, 6.45) is 4.53. The molecule has 0 aromatic rings. The molecule has 2 rings (SSSR count). The van der Waals surface area contributed by atoms with Gasteiger partial charge in [0.25, 0.3) is 0 Å². The summed E-state index contributed by atoms with van der Waals surface area (Å²) in [4.78, 5) is 5.06. The Hall–Kier alpha value is -0.380. The van der Waals surface area contributed by atoms with Gasteiger partial charge in [-0.3, -0.25) is 9.80 Å². The lowest BCUT2D eigenvalue weighted by Gasteiger charge is -2.32. The van der Waals surface area contributed by atoms with Crippen molar-refractivity contribution in [3.8, 4) is 0 Å². The number of hydrogen-bond donors (Lipinski definition) is 1. The van der Waals surface area contributed by atoms with E-state index >= 15 is 0 Å². The Morgan fingerprint density at radius 3 is 2.64 bits per heavy atom. The highest BCUT2D eigenvalue weighted by atomic mass is 15.2. The lowest BCUT2D eigenvalue weighted by Crippen LogP contribution is -2.50. The van der Waals surface area contributed by atoms with Crippen molar-refractivity contribution in [1.82, 2.24) is 15.1 Å². The number of hydrogen-bond acceptors (Lipinski definition) is 3. The molecule has 2 aliphatic rings.